The Morgan fingerprint density at radius 1 is 1.18 bits per heavy atom. The van der Waals surface area contributed by atoms with Gasteiger partial charge in [-0.15, -0.1) is 11.3 Å². The summed E-state index contributed by atoms with van der Waals surface area (Å²) in [5.41, 5.74) is 2.92. The Morgan fingerprint density at radius 3 is 2.54 bits per heavy atom. The number of carbonyl (C=O) groups excluding carboxylic acids is 1. The number of amides is 1. The Morgan fingerprint density at radius 2 is 1.89 bits per heavy atom. The molecule has 28 heavy (non-hydrogen) atoms. The number of pyridine rings is 1. The van der Waals surface area contributed by atoms with Gasteiger partial charge in [0.15, 0.2) is 0 Å². The lowest BCUT2D eigenvalue weighted by molar-refractivity contribution is -0.120. The monoisotopic (exact) mass is 396 g/mol. The summed E-state index contributed by atoms with van der Waals surface area (Å²) in [7, 11) is 5.65. The van der Waals surface area contributed by atoms with E-state index in [1.54, 1.807) is 19.5 Å². The molecule has 7 heteroatoms. The van der Waals surface area contributed by atoms with Crippen LogP contribution in [-0.4, -0.2) is 48.5 Å². The molecule has 0 bridgehead atoms. The van der Waals surface area contributed by atoms with Crippen molar-refractivity contribution in [2.24, 2.45) is 0 Å². The molecular formula is C21H24N4O2S. The average Bonchev–Trinajstić information content (AvgIpc) is 3.17. The highest BCUT2D eigenvalue weighted by Crippen LogP contribution is 2.23. The molecular weight excluding hydrogens is 372 g/mol. The summed E-state index contributed by atoms with van der Waals surface area (Å²) in [4.78, 5) is 23.1. The van der Waals surface area contributed by atoms with Crippen molar-refractivity contribution in [3.63, 3.8) is 0 Å². The van der Waals surface area contributed by atoms with Gasteiger partial charge in [0.05, 0.1) is 25.3 Å². The van der Waals surface area contributed by atoms with Crippen LogP contribution in [0, 0.1) is 0 Å². The Hall–Kier alpha value is -2.77. The van der Waals surface area contributed by atoms with E-state index in [-0.39, 0.29) is 18.4 Å². The van der Waals surface area contributed by atoms with Crippen molar-refractivity contribution in [2.45, 2.75) is 12.5 Å². The maximum Gasteiger partial charge on any atom is 0.226 e. The van der Waals surface area contributed by atoms with E-state index in [0.717, 1.165) is 27.6 Å². The van der Waals surface area contributed by atoms with E-state index in [2.05, 4.69) is 20.2 Å². The summed E-state index contributed by atoms with van der Waals surface area (Å²) in [5.74, 6) is 0.783. The second-order valence-corrected chi connectivity index (χ2v) is 7.47. The third kappa shape index (κ3) is 5.15. The number of rotatable bonds is 8. The summed E-state index contributed by atoms with van der Waals surface area (Å²) in [5, 5.41) is 5.86. The van der Waals surface area contributed by atoms with E-state index in [1.807, 2.05) is 55.9 Å². The number of carbonyl (C=O) groups is 1. The van der Waals surface area contributed by atoms with E-state index in [4.69, 9.17) is 4.74 Å². The molecule has 146 valence electrons. The van der Waals surface area contributed by atoms with Gasteiger partial charge in [0.25, 0.3) is 0 Å². The van der Waals surface area contributed by atoms with Crippen LogP contribution in [0.4, 0.5) is 0 Å². The maximum absolute atomic E-state index is 12.4. The molecule has 0 aliphatic carbocycles. The van der Waals surface area contributed by atoms with Crippen molar-refractivity contribution in [2.75, 3.05) is 27.7 Å². The Kier molecular flexibility index (Phi) is 6.73. The number of likely N-dealkylation sites (N-methyl/N-ethyl adjacent to an activating group) is 1. The summed E-state index contributed by atoms with van der Waals surface area (Å²) in [6, 6.07) is 11.8. The van der Waals surface area contributed by atoms with Crippen molar-refractivity contribution < 1.29 is 9.53 Å². The number of aromatic nitrogens is 2. The molecule has 2 heterocycles. The molecule has 0 radical (unpaired) electrons. The third-order valence-electron chi connectivity index (χ3n) is 4.44. The van der Waals surface area contributed by atoms with E-state index in [0.29, 0.717) is 6.54 Å². The van der Waals surface area contributed by atoms with Crippen molar-refractivity contribution in [1.82, 2.24) is 20.2 Å². The predicted molar refractivity (Wildman–Crippen MR) is 111 cm³/mol. The number of benzene rings is 1. The second kappa shape index (κ2) is 9.43. The number of nitrogens with one attached hydrogen (secondary N) is 1. The first-order chi connectivity index (χ1) is 13.6. The fourth-order valence-electron chi connectivity index (χ4n) is 2.88. The minimum absolute atomic E-state index is 0.0352. The summed E-state index contributed by atoms with van der Waals surface area (Å²) < 4.78 is 5.22. The van der Waals surface area contributed by atoms with E-state index in [9.17, 15) is 4.79 Å². The van der Waals surface area contributed by atoms with Gasteiger partial charge in [-0.05, 0) is 43.9 Å². The summed E-state index contributed by atoms with van der Waals surface area (Å²) >= 11 is 1.54. The minimum atomic E-state index is -0.0352. The van der Waals surface area contributed by atoms with Crippen molar-refractivity contribution in [1.29, 1.82) is 0 Å². The van der Waals surface area contributed by atoms with Gasteiger partial charge < -0.3 is 15.0 Å². The first kappa shape index (κ1) is 20.0. The molecule has 0 saturated heterocycles. The van der Waals surface area contributed by atoms with Crippen LogP contribution in [-0.2, 0) is 11.2 Å². The van der Waals surface area contributed by atoms with Crippen molar-refractivity contribution in [3.8, 4) is 16.3 Å². The number of hydrogen-bond acceptors (Lipinski definition) is 6. The fraction of sp³-hybridized carbons (Fsp3) is 0.286. The summed E-state index contributed by atoms with van der Waals surface area (Å²) in [6.07, 6.45) is 3.75. The molecule has 0 aliphatic rings. The standard InChI is InChI=1S/C21H24N4O2S/c1-25(2)19(15-4-6-18(27-3)7-5-15)13-23-20(26)12-17-14-28-21(24-17)16-8-10-22-11-9-16/h4-11,14,19H,12-13H2,1-3H3,(H,23,26). The van der Waals surface area contributed by atoms with Gasteiger partial charge >= 0.3 is 0 Å². The van der Waals surface area contributed by atoms with Crippen LogP contribution in [0.2, 0.25) is 0 Å². The van der Waals surface area contributed by atoms with E-state index in [1.165, 1.54) is 11.3 Å². The maximum atomic E-state index is 12.4. The van der Waals surface area contributed by atoms with Gasteiger partial charge in [-0.1, -0.05) is 12.1 Å². The molecule has 3 rings (SSSR count). The molecule has 1 N–H and O–H groups in total. The Labute approximate surface area is 169 Å². The van der Waals surface area contributed by atoms with Crippen molar-refractivity contribution >= 4 is 17.2 Å². The second-order valence-electron chi connectivity index (χ2n) is 6.61. The molecule has 0 spiro atoms. The van der Waals surface area contributed by atoms with Crippen molar-refractivity contribution in [3.05, 3.63) is 65.4 Å². The van der Waals surface area contributed by atoms with Gasteiger partial charge in [-0.3, -0.25) is 9.78 Å². The number of ether oxygens (including phenoxy) is 1. The van der Waals surface area contributed by atoms with Gasteiger partial charge in [0, 0.05) is 29.9 Å². The largest absolute Gasteiger partial charge is 0.497 e. The van der Waals surface area contributed by atoms with Gasteiger partial charge in [-0.2, -0.15) is 0 Å². The molecule has 0 saturated carbocycles. The molecule has 0 aliphatic heterocycles. The topological polar surface area (TPSA) is 67.3 Å². The summed E-state index contributed by atoms with van der Waals surface area (Å²) in [6.45, 7) is 0.527. The van der Waals surface area contributed by atoms with Crippen LogP contribution < -0.4 is 10.1 Å². The normalized spacial score (nSPS) is 12.0. The molecule has 3 aromatic rings. The van der Waals surface area contributed by atoms with Gasteiger partial charge in [-0.25, -0.2) is 4.98 Å². The van der Waals surface area contributed by atoms with Crippen LogP contribution in [0.1, 0.15) is 17.3 Å². The zero-order chi connectivity index (χ0) is 19.9. The van der Waals surface area contributed by atoms with Crippen LogP contribution >= 0.6 is 11.3 Å². The predicted octanol–water partition coefficient (Wildman–Crippen LogP) is 3.18. The lowest BCUT2D eigenvalue weighted by Crippen LogP contribution is -2.35. The average molecular weight is 397 g/mol. The Balaban J connectivity index is 1.58. The third-order valence-corrected chi connectivity index (χ3v) is 5.38. The lowest BCUT2D eigenvalue weighted by Gasteiger charge is -2.25. The SMILES string of the molecule is COc1ccc(C(CNC(=O)Cc2csc(-c3ccncc3)n2)N(C)C)cc1. The molecule has 1 atom stereocenters. The molecule has 0 fully saturated rings. The van der Waals surface area contributed by atoms with Crippen LogP contribution in [0.15, 0.2) is 54.2 Å². The lowest BCUT2D eigenvalue weighted by atomic mass is 10.1. The Bertz CT molecular complexity index is 894. The first-order valence-corrected chi connectivity index (χ1v) is 9.86. The molecule has 1 unspecified atom stereocenters. The van der Waals surface area contributed by atoms with Crippen LogP contribution in [0.3, 0.4) is 0 Å². The highest BCUT2D eigenvalue weighted by molar-refractivity contribution is 7.13. The molecule has 6 nitrogen and oxygen atoms in total. The molecule has 1 amide bonds. The fourth-order valence-corrected chi connectivity index (χ4v) is 3.70. The first-order valence-electron chi connectivity index (χ1n) is 8.98. The number of nitrogens with zero attached hydrogens (tertiary/aromatic N) is 3. The highest BCUT2D eigenvalue weighted by atomic mass is 32.1. The van der Waals surface area contributed by atoms with Crippen LogP contribution in [0.5, 0.6) is 5.75 Å². The number of hydrogen-bond donors (Lipinski definition) is 1. The zero-order valence-electron chi connectivity index (χ0n) is 16.3. The van der Waals surface area contributed by atoms with Crippen LogP contribution in [0.25, 0.3) is 10.6 Å². The number of thiazole rings is 1. The van der Waals surface area contributed by atoms with E-state index >= 15 is 0 Å². The smallest absolute Gasteiger partial charge is 0.226 e. The number of methoxy groups -OCH3 is 1. The zero-order valence-corrected chi connectivity index (χ0v) is 17.1. The van der Waals surface area contributed by atoms with Gasteiger partial charge in [0.1, 0.15) is 10.8 Å². The molecule has 2 aromatic heterocycles. The molecule has 1 aromatic carbocycles. The highest BCUT2D eigenvalue weighted by Gasteiger charge is 2.16. The van der Waals surface area contributed by atoms with E-state index < -0.39 is 0 Å². The van der Waals surface area contributed by atoms with Gasteiger partial charge in [0.2, 0.25) is 5.91 Å². The minimum Gasteiger partial charge on any atom is -0.497 e. The quantitative estimate of drug-likeness (QED) is 0.633.